The highest BCUT2D eigenvalue weighted by atomic mass is 79.9. The Morgan fingerprint density at radius 3 is 2.43 bits per heavy atom. The van der Waals surface area contributed by atoms with Gasteiger partial charge in [-0.05, 0) is 26.8 Å². The molecular weight excluding hydrogens is 396 g/mol. The molecule has 0 saturated heterocycles. The fourth-order valence-electron chi connectivity index (χ4n) is 1.65. The molecule has 0 aliphatic rings. The largest absolute Gasteiger partial charge is 0.480 e. The molecule has 0 radical (unpaired) electrons. The maximum absolute atomic E-state index is 12.3. The molecule has 1 amide bonds. The zero-order chi connectivity index (χ0) is 17.9. The van der Waals surface area contributed by atoms with Gasteiger partial charge in [-0.1, -0.05) is 27.5 Å². The second-order valence-electron chi connectivity index (χ2n) is 5.47. The molecule has 1 aromatic carbocycles. The fourth-order valence-corrected chi connectivity index (χ4v) is 2.54. The summed E-state index contributed by atoms with van der Waals surface area (Å²) in [5.74, 6) is -1.37. The van der Waals surface area contributed by atoms with Crippen molar-refractivity contribution in [3.8, 4) is 0 Å². The topological polar surface area (TPSA) is 110 Å². The number of halogens is 2. The summed E-state index contributed by atoms with van der Waals surface area (Å²) in [6.45, 7) is 3.92. The number of nitro groups is 1. The lowest BCUT2D eigenvalue weighted by Gasteiger charge is -2.26. The van der Waals surface area contributed by atoms with Crippen LogP contribution >= 0.6 is 27.5 Å². The van der Waals surface area contributed by atoms with Gasteiger partial charge in [-0.2, -0.15) is 0 Å². The Kier molecular flexibility index (Phi) is 5.95. The number of hydrogen-bond donors (Lipinski definition) is 1. The Morgan fingerprint density at radius 1 is 1.43 bits per heavy atom. The molecule has 10 heteroatoms. The second kappa shape index (κ2) is 7.14. The molecule has 1 rings (SSSR count). The second-order valence-corrected chi connectivity index (χ2v) is 6.80. The number of hydrogen-bond acceptors (Lipinski definition) is 5. The van der Waals surface area contributed by atoms with Crippen LogP contribution in [0.15, 0.2) is 16.6 Å². The van der Waals surface area contributed by atoms with Crippen LogP contribution in [0.4, 0.5) is 16.2 Å². The molecule has 126 valence electrons. The van der Waals surface area contributed by atoms with E-state index in [0.717, 1.165) is 6.07 Å². The van der Waals surface area contributed by atoms with E-state index in [4.69, 9.17) is 21.4 Å². The number of carbonyl (C=O) groups is 2. The SMILES string of the molecule is CC(C)(C)OC(=O)N(CC(=O)O)c1c(Cl)cc(Br)cc1[N+](=O)[O-]. The van der Waals surface area contributed by atoms with Gasteiger partial charge < -0.3 is 9.84 Å². The van der Waals surface area contributed by atoms with E-state index in [9.17, 15) is 19.7 Å². The van der Waals surface area contributed by atoms with Gasteiger partial charge in [0, 0.05) is 10.5 Å². The first-order valence-electron chi connectivity index (χ1n) is 6.28. The number of anilines is 1. The van der Waals surface area contributed by atoms with Crippen LogP contribution in [0.1, 0.15) is 20.8 Å². The number of nitro benzene ring substituents is 1. The summed E-state index contributed by atoms with van der Waals surface area (Å²) in [4.78, 5) is 34.4. The molecule has 0 spiro atoms. The summed E-state index contributed by atoms with van der Waals surface area (Å²) < 4.78 is 5.42. The summed E-state index contributed by atoms with van der Waals surface area (Å²) in [5, 5.41) is 20.1. The van der Waals surface area contributed by atoms with Crippen molar-refractivity contribution in [2.24, 2.45) is 0 Å². The maximum atomic E-state index is 12.3. The van der Waals surface area contributed by atoms with Gasteiger partial charge in [0.15, 0.2) is 0 Å². The van der Waals surface area contributed by atoms with Crippen molar-refractivity contribution < 1.29 is 24.4 Å². The third-order valence-corrected chi connectivity index (χ3v) is 3.13. The summed E-state index contributed by atoms with van der Waals surface area (Å²) in [5.41, 5.74) is -1.77. The molecule has 0 aliphatic heterocycles. The van der Waals surface area contributed by atoms with E-state index >= 15 is 0 Å². The number of aliphatic carboxylic acids is 1. The van der Waals surface area contributed by atoms with Gasteiger partial charge in [-0.25, -0.2) is 4.79 Å². The van der Waals surface area contributed by atoms with Crippen LogP contribution in [-0.2, 0) is 9.53 Å². The van der Waals surface area contributed by atoms with Gasteiger partial charge in [0.05, 0.1) is 9.95 Å². The zero-order valence-electron chi connectivity index (χ0n) is 12.5. The summed E-state index contributed by atoms with van der Waals surface area (Å²) in [7, 11) is 0. The van der Waals surface area contributed by atoms with Crippen molar-refractivity contribution in [2.75, 3.05) is 11.4 Å². The quantitative estimate of drug-likeness (QED) is 0.597. The monoisotopic (exact) mass is 408 g/mol. The van der Waals surface area contributed by atoms with E-state index in [1.54, 1.807) is 20.8 Å². The average Bonchev–Trinajstić information content (AvgIpc) is 2.33. The van der Waals surface area contributed by atoms with E-state index in [-0.39, 0.29) is 10.7 Å². The summed E-state index contributed by atoms with van der Waals surface area (Å²) in [6, 6.07) is 2.45. The minimum Gasteiger partial charge on any atom is -0.480 e. The van der Waals surface area contributed by atoms with Crippen LogP contribution in [0.2, 0.25) is 5.02 Å². The lowest BCUT2D eigenvalue weighted by Crippen LogP contribution is -2.40. The molecule has 0 fully saturated rings. The highest BCUT2D eigenvalue weighted by Crippen LogP contribution is 2.39. The molecule has 1 N–H and O–H groups in total. The standard InChI is InChI=1S/C13H14BrClN2O6/c1-13(2,3)23-12(20)16(6-10(18)19)11-8(15)4-7(14)5-9(11)17(21)22/h4-5H,6H2,1-3H3,(H,18,19). The molecule has 0 unspecified atom stereocenters. The number of carboxylic acids is 1. The average molecular weight is 410 g/mol. The van der Waals surface area contributed by atoms with Gasteiger partial charge in [0.2, 0.25) is 0 Å². The first-order chi connectivity index (χ1) is 10.4. The first kappa shape index (κ1) is 19.2. The Balaban J connectivity index is 3.46. The van der Waals surface area contributed by atoms with Crippen molar-refractivity contribution >= 4 is 51.0 Å². The van der Waals surface area contributed by atoms with Crippen molar-refractivity contribution in [3.63, 3.8) is 0 Å². The lowest BCUT2D eigenvalue weighted by atomic mass is 10.2. The molecule has 0 saturated carbocycles. The van der Waals surface area contributed by atoms with Crippen LogP contribution in [0.25, 0.3) is 0 Å². The molecule has 8 nitrogen and oxygen atoms in total. The van der Waals surface area contributed by atoms with Crippen molar-refractivity contribution in [3.05, 3.63) is 31.7 Å². The highest BCUT2D eigenvalue weighted by molar-refractivity contribution is 9.10. The van der Waals surface area contributed by atoms with Crippen molar-refractivity contribution in [2.45, 2.75) is 26.4 Å². The molecule has 0 bridgehead atoms. The first-order valence-corrected chi connectivity index (χ1v) is 7.45. The van der Waals surface area contributed by atoms with Crippen LogP contribution in [-0.4, -0.2) is 34.2 Å². The predicted molar refractivity (Wildman–Crippen MR) is 87.0 cm³/mol. The Bertz CT molecular complexity index is 659. The zero-order valence-corrected chi connectivity index (χ0v) is 14.8. The van der Waals surface area contributed by atoms with Crippen LogP contribution in [0.3, 0.4) is 0 Å². The number of ether oxygens (including phenoxy) is 1. The number of carbonyl (C=O) groups excluding carboxylic acids is 1. The van der Waals surface area contributed by atoms with Gasteiger partial charge in [0.25, 0.3) is 5.69 Å². The van der Waals surface area contributed by atoms with E-state index in [1.807, 2.05) is 0 Å². The Labute approximate surface area is 145 Å². The predicted octanol–water partition coefficient (Wildman–Crippen LogP) is 3.84. The number of benzene rings is 1. The van der Waals surface area contributed by atoms with Crippen LogP contribution in [0.5, 0.6) is 0 Å². The molecule has 1 aromatic rings. The normalized spacial score (nSPS) is 11.0. The molecule has 23 heavy (non-hydrogen) atoms. The van der Waals surface area contributed by atoms with Gasteiger partial charge >= 0.3 is 12.1 Å². The molecule has 0 heterocycles. The number of amides is 1. The third kappa shape index (κ3) is 5.36. The molecule has 0 aliphatic carbocycles. The molecule has 0 atom stereocenters. The Morgan fingerprint density at radius 2 is 2.00 bits per heavy atom. The van der Waals surface area contributed by atoms with E-state index in [0.29, 0.717) is 9.37 Å². The molecular formula is C13H14BrClN2O6. The summed E-state index contributed by atoms with van der Waals surface area (Å²) >= 11 is 9.06. The van der Waals surface area contributed by atoms with Gasteiger partial charge in [-0.15, -0.1) is 0 Å². The minimum absolute atomic E-state index is 0.154. The third-order valence-electron chi connectivity index (χ3n) is 2.38. The maximum Gasteiger partial charge on any atom is 0.415 e. The van der Waals surface area contributed by atoms with Crippen molar-refractivity contribution in [1.82, 2.24) is 0 Å². The van der Waals surface area contributed by atoms with Gasteiger partial charge in [-0.3, -0.25) is 19.8 Å². The van der Waals surface area contributed by atoms with Crippen molar-refractivity contribution in [1.29, 1.82) is 0 Å². The molecule has 0 aromatic heterocycles. The van der Waals surface area contributed by atoms with E-state index in [1.165, 1.54) is 6.07 Å². The smallest absolute Gasteiger partial charge is 0.415 e. The number of nitrogens with zero attached hydrogens (tertiary/aromatic N) is 2. The lowest BCUT2D eigenvalue weighted by molar-refractivity contribution is -0.384. The number of carboxylic acid groups (broad SMARTS) is 1. The number of rotatable bonds is 4. The van der Waals surface area contributed by atoms with E-state index < -0.39 is 34.8 Å². The van der Waals surface area contributed by atoms with E-state index in [2.05, 4.69) is 15.9 Å². The van der Waals surface area contributed by atoms with Crippen LogP contribution < -0.4 is 4.90 Å². The fraction of sp³-hybridized carbons (Fsp3) is 0.385. The van der Waals surface area contributed by atoms with Crippen LogP contribution in [0, 0.1) is 10.1 Å². The minimum atomic E-state index is -1.37. The highest BCUT2D eigenvalue weighted by Gasteiger charge is 2.32. The Hall–Kier alpha value is -1.87. The van der Waals surface area contributed by atoms with Gasteiger partial charge in [0.1, 0.15) is 17.8 Å². The summed E-state index contributed by atoms with van der Waals surface area (Å²) in [6.07, 6.45) is -1.05.